The molecule has 3 aliphatic rings. The van der Waals surface area contributed by atoms with Crippen LogP contribution in [0.1, 0.15) is 47.6 Å². The highest BCUT2D eigenvalue weighted by Gasteiger charge is 2.33. The van der Waals surface area contributed by atoms with E-state index in [2.05, 4.69) is 88.5 Å². The topological polar surface area (TPSA) is 56.1 Å². The third-order valence-corrected chi connectivity index (χ3v) is 9.22. The minimum Gasteiger partial charge on any atom is -0.507 e. The van der Waals surface area contributed by atoms with Gasteiger partial charge >= 0.3 is 0 Å². The number of hydrogen-bond donors (Lipinski definition) is 1. The molecule has 2 unspecified atom stereocenters. The Morgan fingerprint density at radius 2 is 1.23 bits per heavy atom. The fraction of sp³-hybridized carbons (Fsp3) is 0.514. The molecule has 242 valence electrons. The molecule has 0 aromatic heterocycles. The van der Waals surface area contributed by atoms with Gasteiger partial charge in [0.2, 0.25) is 5.78 Å². The summed E-state index contributed by atoms with van der Waals surface area (Å²) in [6, 6.07) is 18.0. The van der Waals surface area contributed by atoms with Crippen LogP contribution in [0.2, 0.25) is 0 Å². The standard InChI is InChI=1S/C34H46N5O2.3CH4/c1-24-33(40)26(20-25-8-12-28(13-9-25)36-18-16-30(22-36)38(2,3)4)21-32(34(24)41)35-27-10-14-29(15-11-27)37-19-17-31(23-37)39(5,6)7;;;/h8-15,21,30-31H,16-20,22-23H2,1-7H3;3*1H4/q+1;;;/p+1. The third kappa shape index (κ3) is 7.99. The predicted molar refractivity (Wildman–Crippen MR) is 190 cm³/mol. The van der Waals surface area contributed by atoms with Crippen molar-refractivity contribution in [2.45, 2.75) is 60.5 Å². The number of hydrogen-bond acceptors (Lipinski definition) is 5. The van der Waals surface area contributed by atoms with Crippen molar-refractivity contribution in [2.24, 2.45) is 4.99 Å². The fourth-order valence-electron chi connectivity index (χ4n) is 6.20. The molecule has 2 aliphatic heterocycles. The van der Waals surface area contributed by atoms with E-state index in [0.717, 1.165) is 52.0 Å². The van der Waals surface area contributed by atoms with Crippen LogP contribution in [0.15, 0.2) is 76.5 Å². The molecule has 0 radical (unpaired) electrons. The highest BCUT2D eigenvalue weighted by molar-refractivity contribution is 6.51. The molecule has 0 bridgehead atoms. The van der Waals surface area contributed by atoms with Gasteiger partial charge in [0.1, 0.15) is 23.6 Å². The summed E-state index contributed by atoms with van der Waals surface area (Å²) in [5.41, 5.74) is 5.70. The van der Waals surface area contributed by atoms with Gasteiger partial charge in [-0.05, 0) is 55.0 Å². The van der Waals surface area contributed by atoms with E-state index in [1.54, 1.807) is 13.0 Å². The number of quaternary nitrogens is 2. The van der Waals surface area contributed by atoms with E-state index in [-0.39, 0.29) is 33.8 Å². The summed E-state index contributed by atoms with van der Waals surface area (Å²) < 4.78 is 1.95. The molecule has 1 aliphatic carbocycles. The Hall–Kier alpha value is -3.42. The minimum absolute atomic E-state index is 0. The van der Waals surface area contributed by atoms with Crippen molar-refractivity contribution in [3.05, 3.63) is 77.1 Å². The van der Waals surface area contributed by atoms with Gasteiger partial charge in [-0.25, -0.2) is 4.99 Å². The number of likely N-dealkylation sites (N-methyl/N-ethyl adjacent to an activating group) is 2. The van der Waals surface area contributed by atoms with E-state index in [4.69, 9.17) is 4.99 Å². The Kier molecular flexibility index (Phi) is 11.8. The Balaban J connectivity index is 0.00000225. The first-order valence-electron chi connectivity index (χ1n) is 14.8. The average molecular weight is 606 g/mol. The lowest BCUT2D eigenvalue weighted by Crippen LogP contribution is -2.46. The van der Waals surface area contributed by atoms with Gasteiger partial charge in [0.15, 0.2) is 0 Å². The van der Waals surface area contributed by atoms with Crippen molar-refractivity contribution in [3.63, 3.8) is 0 Å². The number of benzene rings is 2. The van der Waals surface area contributed by atoms with Crippen LogP contribution in [0.3, 0.4) is 0 Å². The zero-order valence-corrected chi connectivity index (χ0v) is 25.9. The third-order valence-electron chi connectivity index (χ3n) is 9.22. The van der Waals surface area contributed by atoms with Crippen LogP contribution in [0.5, 0.6) is 0 Å². The van der Waals surface area contributed by atoms with Gasteiger partial charge in [-0.1, -0.05) is 34.4 Å². The summed E-state index contributed by atoms with van der Waals surface area (Å²) in [6.07, 6.45) is 4.68. The van der Waals surface area contributed by atoms with Crippen molar-refractivity contribution in [1.29, 1.82) is 0 Å². The maximum Gasteiger partial charge on any atom is 0.210 e. The van der Waals surface area contributed by atoms with E-state index in [1.165, 1.54) is 24.2 Å². The lowest BCUT2D eigenvalue weighted by molar-refractivity contribution is -0.893. The molecule has 0 saturated carbocycles. The predicted octanol–water partition coefficient (Wildman–Crippen LogP) is 6.82. The maximum absolute atomic E-state index is 13.0. The second kappa shape index (κ2) is 14.1. The fourth-order valence-corrected chi connectivity index (χ4v) is 6.20. The van der Waals surface area contributed by atoms with Gasteiger partial charge in [-0.2, -0.15) is 0 Å². The average Bonchev–Trinajstić information content (AvgIpc) is 3.62. The van der Waals surface area contributed by atoms with Crippen LogP contribution in [0.25, 0.3) is 0 Å². The Morgan fingerprint density at radius 1 is 0.773 bits per heavy atom. The van der Waals surface area contributed by atoms with E-state index >= 15 is 0 Å². The van der Waals surface area contributed by atoms with Gasteiger partial charge in [-0.15, -0.1) is 0 Å². The van der Waals surface area contributed by atoms with Gasteiger partial charge in [-0.3, -0.25) is 4.79 Å². The first kappa shape index (κ1) is 36.8. The van der Waals surface area contributed by atoms with Crippen molar-refractivity contribution in [2.75, 3.05) is 78.3 Å². The molecule has 2 heterocycles. The number of carbonyl (C=O) groups is 1. The molecule has 2 aromatic carbocycles. The van der Waals surface area contributed by atoms with Crippen molar-refractivity contribution >= 4 is 28.6 Å². The number of nitrogens with zero attached hydrogens (tertiary/aromatic N) is 5. The second-order valence-electron chi connectivity index (χ2n) is 13.8. The summed E-state index contributed by atoms with van der Waals surface area (Å²) >= 11 is 0. The number of anilines is 2. The monoisotopic (exact) mass is 605 g/mol. The van der Waals surface area contributed by atoms with Crippen LogP contribution in [0.4, 0.5) is 17.1 Å². The number of aliphatic hydroxyl groups excluding tert-OH is 1. The Bertz CT molecular complexity index is 1370. The van der Waals surface area contributed by atoms with E-state index < -0.39 is 0 Å². The quantitative estimate of drug-likeness (QED) is 0.278. The lowest BCUT2D eigenvalue weighted by atomic mass is 9.91. The van der Waals surface area contributed by atoms with Crippen molar-refractivity contribution < 1.29 is 18.9 Å². The van der Waals surface area contributed by atoms with Crippen LogP contribution in [0, 0.1) is 0 Å². The smallest absolute Gasteiger partial charge is 0.210 e. The molecule has 44 heavy (non-hydrogen) atoms. The molecular weight excluding hydrogens is 546 g/mol. The van der Waals surface area contributed by atoms with Crippen molar-refractivity contribution in [3.8, 4) is 0 Å². The molecule has 2 atom stereocenters. The van der Waals surface area contributed by atoms with Crippen LogP contribution < -0.4 is 9.80 Å². The van der Waals surface area contributed by atoms with Crippen LogP contribution in [-0.2, 0) is 11.2 Å². The second-order valence-corrected chi connectivity index (χ2v) is 13.8. The molecule has 5 rings (SSSR count). The minimum atomic E-state index is -0.225. The molecule has 2 fully saturated rings. The number of aliphatic hydroxyl groups is 1. The van der Waals surface area contributed by atoms with E-state index in [9.17, 15) is 9.90 Å². The summed E-state index contributed by atoms with van der Waals surface area (Å²) in [5, 5.41) is 10.8. The molecule has 0 spiro atoms. The number of aliphatic imine (C=N–C) groups is 1. The molecule has 1 N–H and O–H groups in total. The number of rotatable bonds is 7. The molecule has 7 nitrogen and oxygen atoms in total. The highest BCUT2D eigenvalue weighted by Crippen LogP contribution is 2.30. The van der Waals surface area contributed by atoms with Gasteiger partial charge in [0.25, 0.3) is 0 Å². The number of ketones is 1. The summed E-state index contributed by atoms with van der Waals surface area (Å²) in [7, 11) is 13.6. The number of carbonyl (C=O) groups excluding carboxylic acids is 1. The van der Waals surface area contributed by atoms with Gasteiger partial charge in [0.05, 0.1) is 61.1 Å². The SMILES string of the molecule is C.C.C.CC1=C(O)C(Cc2ccc(N3CCC([N+](C)(C)C)C3)cc2)=CC(=Nc2ccc(N3CCC([N+](C)(C)C)C3)cc2)C1=O. The number of allylic oxidation sites excluding steroid dienone is 3. The van der Waals surface area contributed by atoms with E-state index in [1.807, 2.05) is 12.1 Å². The normalized spacial score (nSPS) is 21.6. The maximum atomic E-state index is 13.0. The van der Waals surface area contributed by atoms with Gasteiger partial charge < -0.3 is 23.9 Å². The van der Waals surface area contributed by atoms with Crippen molar-refractivity contribution in [1.82, 2.24) is 0 Å². The Labute approximate surface area is 268 Å². The largest absolute Gasteiger partial charge is 0.507 e. The molecule has 0 amide bonds. The van der Waals surface area contributed by atoms with Gasteiger partial charge in [0, 0.05) is 54.9 Å². The molecule has 2 saturated heterocycles. The first-order chi connectivity index (χ1) is 19.3. The summed E-state index contributed by atoms with van der Waals surface area (Å²) in [5.74, 6) is -0.156. The first-order valence-corrected chi connectivity index (χ1v) is 14.8. The van der Waals surface area contributed by atoms with Crippen LogP contribution in [-0.4, -0.2) is 106 Å². The van der Waals surface area contributed by atoms with Crippen LogP contribution >= 0.6 is 0 Å². The number of Topliss-reactive ketones (excluding diaryl/α,β-unsaturated/α-hetero) is 1. The lowest BCUT2D eigenvalue weighted by Gasteiger charge is -2.31. The zero-order chi connectivity index (χ0) is 29.5. The Morgan fingerprint density at radius 3 is 1.66 bits per heavy atom. The van der Waals surface area contributed by atoms with E-state index in [0.29, 0.717) is 29.8 Å². The highest BCUT2D eigenvalue weighted by atomic mass is 16.3. The molecule has 7 heteroatoms. The molecular formula is C37H59N5O2+2. The molecule has 2 aromatic rings. The summed E-state index contributed by atoms with van der Waals surface area (Å²) in [4.78, 5) is 22.6. The zero-order valence-electron chi connectivity index (χ0n) is 25.9. The summed E-state index contributed by atoms with van der Waals surface area (Å²) in [6.45, 7) is 5.92.